The molecule has 4 rings (SSSR count). The van der Waals surface area contributed by atoms with Crippen molar-refractivity contribution < 1.29 is 30.0 Å². The molecule has 0 aliphatic heterocycles. The Bertz CT molecular complexity index is 1110. The largest absolute Gasteiger partial charge is 0.507 e. The summed E-state index contributed by atoms with van der Waals surface area (Å²) in [6, 6.07) is 7.76. The first-order chi connectivity index (χ1) is 18.5. The molecule has 2 aromatic rings. The number of carboxylic acid groups (broad SMARTS) is 2. The highest BCUT2D eigenvalue weighted by molar-refractivity contribution is 5.67. The van der Waals surface area contributed by atoms with Crippen LogP contribution >= 0.6 is 0 Å². The SMILES string of the molecule is CC1(c2cc(CCC(=O)O)cc(Cc3cc(CCC(=O)O)cc(C4(C)CCCCC4)c3O)c2O)CCCCC1. The number of carboxylic acids is 2. The number of carbonyl (C=O) groups is 2. The van der Waals surface area contributed by atoms with E-state index in [0.29, 0.717) is 30.4 Å². The minimum atomic E-state index is -0.857. The Hall–Kier alpha value is -3.02. The molecule has 0 unspecified atom stereocenters. The third-order valence-electron chi connectivity index (χ3n) is 9.35. The lowest BCUT2D eigenvalue weighted by molar-refractivity contribution is -0.138. The topological polar surface area (TPSA) is 115 Å². The lowest BCUT2D eigenvalue weighted by Gasteiger charge is -2.36. The van der Waals surface area contributed by atoms with Crippen LogP contribution in [0.1, 0.15) is 124 Å². The molecule has 0 amide bonds. The predicted molar refractivity (Wildman–Crippen MR) is 152 cm³/mol. The minimum Gasteiger partial charge on any atom is -0.507 e. The summed E-state index contributed by atoms with van der Waals surface area (Å²) in [7, 11) is 0. The zero-order valence-electron chi connectivity index (χ0n) is 23.5. The molecule has 0 radical (unpaired) electrons. The number of hydrogen-bond acceptors (Lipinski definition) is 4. The first-order valence-electron chi connectivity index (χ1n) is 14.6. The number of benzene rings is 2. The summed E-state index contributed by atoms with van der Waals surface area (Å²) in [6.45, 7) is 4.38. The summed E-state index contributed by atoms with van der Waals surface area (Å²) in [6.07, 6.45) is 11.7. The van der Waals surface area contributed by atoms with Crippen molar-refractivity contribution in [3.05, 3.63) is 57.6 Å². The van der Waals surface area contributed by atoms with Crippen molar-refractivity contribution in [1.29, 1.82) is 0 Å². The van der Waals surface area contributed by atoms with E-state index in [1.165, 1.54) is 12.8 Å². The molecular formula is C33H44O6. The molecule has 2 aromatic carbocycles. The Labute approximate surface area is 232 Å². The average Bonchev–Trinajstić information content (AvgIpc) is 2.89. The fourth-order valence-corrected chi connectivity index (χ4v) is 6.91. The van der Waals surface area contributed by atoms with Gasteiger partial charge in [0.2, 0.25) is 0 Å². The van der Waals surface area contributed by atoms with Crippen LogP contribution in [0, 0.1) is 0 Å². The maximum Gasteiger partial charge on any atom is 0.303 e. The monoisotopic (exact) mass is 536 g/mol. The third-order valence-corrected chi connectivity index (χ3v) is 9.35. The van der Waals surface area contributed by atoms with Gasteiger partial charge in [0.05, 0.1) is 0 Å². The number of phenolic OH excluding ortho intramolecular Hbond substituents is 2. The van der Waals surface area contributed by atoms with Gasteiger partial charge in [-0.25, -0.2) is 0 Å². The molecule has 2 saturated carbocycles. The number of hydrogen-bond donors (Lipinski definition) is 4. The number of aromatic hydroxyl groups is 2. The van der Waals surface area contributed by atoms with Crippen molar-refractivity contribution in [1.82, 2.24) is 0 Å². The number of aliphatic carboxylic acids is 2. The van der Waals surface area contributed by atoms with E-state index >= 15 is 0 Å². The predicted octanol–water partition coefficient (Wildman–Crippen LogP) is 7.17. The molecule has 6 nitrogen and oxygen atoms in total. The maximum atomic E-state index is 11.6. The van der Waals surface area contributed by atoms with Gasteiger partial charge in [0.1, 0.15) is 11.5 Å². The molecule has 0 heterocycles. The summed E-state index contributed by atoms with van der Waals surface area (Å²) in [4.78, 5) is 22.7. The smallest absolute Gasteiger partial charge is 0.303 e. The van der Waals surface area contributed by atoms with Gasteiger partial charge in [0.25, 0.3) is 0 Å². The van der Waals surface area contributed by atoms with Crippen molar-refractivity contribution >= 4 is 11.9 Å². The van der Waals surface area contributed by atoms with E-state index in [2.05, 4.69) is 13.8 Å². The van der Waals surface area contributed by atoms with E-state index in [-0.39, 0.29) is 35.2 Å². The van der Waals surface area contributed by atoms with Crippen LogP contribution in [0.4, 0.5) is 0 Å². The summed E-state index contributed by atoms with van der Waals surface area (Å²) in [5.74, 6) is -1.24. The summed E-state index contributed by atoms with van der Waals surface area (Å²) >= 11 is 0. The molecule has 0 spiro atoms. The van der Waals surface area contributed by atoms with Crippen molar-refractivity contribution in [2.45, 2.75) is 121 Å². The fraction of sp³-hybridized carbons (Fsp3) is 0.576. The molecule has 2 fully saturated rings. The van der Waals surface area contributed by atoms with E-state index in [9.17, 15) is 30.0 Å². The van der Waals surface area contributed by atoms with Crippen LogP contribution in [-0.2, 0) is 39.7 Å². The van der Waals surface area contributed by atoms with Gasteiger partial charge in [-0.15, -0.1) is 0 Å². The van der Waals surface area contributed by atoms with E-state index in [0.717, 1.165) is 73.6 Å². The summed E-state index contributed by atoms with van der Waals surface area (Å²) < 4.78 is 0. The quantitative estimate of drug-likeness (QED) is 0.256. The molecule has 2 aliphatic carbocycles. The minimum absolute atomic E-state index is 0.0127. The zero-order valence-corrected chi connectivity index (χ0v) is 23.5. The van der Waals surface area contributed by atoms with Crippen molar-refractivity contribution in [3.63, 3.8) is 0 Å². The molecule has 0 bridgehead atoms. The Morgan fingerprint density at radius 1 is 0.641 bits per heavy atom. The third kappa shape index (κ3) is 6.77. The first-order valence-corrected chi connectivity index (χ1v) is 14.6. The first kappa shape index (κ1) is 29.0. The van der Waals surface area contributed by atoms with Gasteiger partial charge in [-0.05, 0) is 71.6 Å². The molecule has 0 saturated heterocycles. The molecule has 212 valence electrons. The van der Waals surface area contributed by atoms with Crippen molar-refractivity contribution in [3.8, 4) is 11.5 Å². The highest BCUT2D eigenvalue weighted by Gasteiger charge is 2.34. The molecule has 4 N–H and O–H groups in total. The molecule has 6 heteroatoms. The lowest BCUT2D eigenvalue weighted by Crippen LogP contribution is -2.26. The van der Waals surface area contributed by atoms with Gasteiger partial charge in [0, 0.05) is 30.4 Å². The highest BCUT2D eigenvalue weighted by Crippen LogP contribution is 2.47. The Balaban J connectivity index is 1.79. The van der Waals surface area contributed by atoms with Crippen LogP contribution < -0.4 is 0 Å². The lowest BCUT2D eigenvalue weighted by atomic mass is 9.69. The molecular weight excluding hydrogens is 492 g/mol. The Kier molecular flexibility index (Phi) is 8.93. The Morgan fingerprint density at radius 2 is 1.00 bits per heavy atom. The molecule has 0 aromatic heterocycles. The standard InChI is InChI=1S/C33H44O6/c1-32(13-5-3-6-14-32)26-19-22(9-11-28(34)35)17-24(30(26)38)21-25-18-23(10-12-29(36)37)20-27(31(25)39)33(2)15-7-4-8-16-33/h17-20,38-39H,3-16,21H2,1-2H3,(H,34,35)(H,36,37). The number of aryl methyl sites for hydroxylation is 2. The van der Waals surface area contributed by atoms with E-state index < -0.39 is 11.9 Å². The van der Waals surface area contributed by atoms with Crippen LogP contribution in [-0.4, -0.2) is 32.4 Å². The summed E-state index contributed by atoms with van der Waals surface area (Å²) in [5.41, 5.74) is 4.53. The van der Waals surface area contributed by atoms with Gasteiger partial charge in [-0.3, -0.25) is 9.59 Å². The van der Waals surface area contributed by atoms with E-state index in [1.807, 2.05) is 24.3 Å². The normalized spacial score (nSPS) is 18.5. The fourth-order valence-electron chi connectivity index (χ4n) is 6.91. The van der Waals surface area contributed by atoms with Crippen LogP contribution in [0.15, 0.2) is 24.3 Å². The van der Waals surface area contributed by atoms with Gasteiger partial charge >= 0.3 is 11.9 Å². The molecule has 0 atom stereocenters. The Morgan fingerprint density at radius 3 is 1.33 bits per heavy atom. The molecule has 2 aliphatic rings. The number of phenols is 2. The van der Waals surface area contributed by atoms with Crippen LogP contribution in [0.2, 0.25) is 0 Å². The van der Waals surface area contributed by atoms with Gasteiger partial charge in [0.15, 0.2) is 0 Å². The highest BCUT2D eigenvalue weighted by atomic mass is 16.4. The van der Waals surface area contributed by atoms with Crippen molar-refractivity contribution in [2.75, 3.05) is 0 Å². The number of rotatable bonds is 10. The van der Waals surface area contributed by atoms with E-state index in [1.54, 1.807) is 0 Å². The van der Waals surface area contributed by atoms with Gasteiger partial charge in [-0.2, -0.15) is 0 Å². The average molecular weight is 537 g/mol. The second kappa shape index (κ2) is 12.0. The van der Waals surface area contributed by atoms with Crippen molar-refractivity contribution in [2.24, 2.45) is 0 Å². The second-order valence-electron chi connectivity index (χ2n) is 12.5. The van der Waals surface area contributed by atoms with E-state index in [4.69, 9.17) is 0 Å². The molecule has 39 heavy (non-hydrogen) atoms. The van der Waals surface area contributed by atoms with Crippen LogP contribution in [0.3, 0.4) is 0 Å². The van der Waals surface area contributed by atoms with Gasteiger partial charge in [-0.1, -0.05) is 76.6 Å². The second-order valence-corrected chi connectivity index (χ2v) is 12.5. The van der Waals surface area contributed by atoms with Crippen LogP contribution in [0.5, 0.6) is 11.5 Å². The maximum absolute atomic E-state index is 11.6. The zero-order chi connectivity index (χ0) is 28.2. The van der Waals surface area contributed by atoms with Crippen LogP contribution in [0.25, 0.3) is 0 Å². The summed E-state index contributed by atoms with van der Waals surface area (Å²) in [5, 5.41) is 41.8. The van der Waals surface area contributed by atoms with Gasteiger partial charge < -0.3 is 20.4 Å².